The van der Waals surface area contributed by atoms with E-state index in [2.05, 4.69) is 0 Å². The number of aliphatic hydroxyl groups is 2. The van der Waals surface area contributed by atoms with E-state index >= 15 is 0 Å². The van der Waals surface area contributed by atoms with Gasteiger partial charge in [-0.15, -0.1) is 0 Å². The summed E-state index contributed by atoms with van der Waals surface area (Å²) in [5.74, 6) is 0.0761. The van der Waals surface area contributed by atoms with Gasteiger partial charge in [0, 0.05) is 23.9 Å². The number of thioether (sulfide) groups is 1. The van der Waals surface area contributed by atoms with Crippen molar-refractivity contribution in [2.45, 2.75) is 19.1 Å². The van der Waals surface area contributed by atoms with Crippen LogP contribution in [0.5, 0.6) is 0 Å². The predicted octanol–water partition coefficient (Wildman–Crippen LogP) is 0.814. The summed E-state index contributed by atoms with van der Waals surface area (Å²) in [6, 6.07) is 6.40. The highest BCUT2D eigenvalue weighted by molar-refractivity contribution is 8.13. The Hall–Kier alpha value is -1.55. The molecule has 0 heterocycles. The molecule has 0 bridgehead atoms. The Kier molecular flexibility index (Phi) is 5.16. The molecular weight excluding hydrogens is 252 g/mol. The molecule has 1 aromatic rings. The minimum atomic E-state index is -1.22. The summed E-state index contributed by atoms with van der Waals surface area (Å²) in [5, 5.41) is 28.3. The molecule has 2 unspecified atom stereocenters. The molecule has 0 fully saturated rings. The third-order valence-corrected chi connectivity index (χ3v) is 3.27. The van der Waals surface area contributed by atoms with Gasteiger partial charge >= 0.3 is 0 Å². The maximum atomic E-state index is 10.8. The van der Waals surface area contributed by atoms with Crippen LogP contribution in [-0.4, -0.2) is 27.2 Å². The van der Waals surface area contributed by atoms with Crippen molar-refractivity contribution >= 4 is 22.6 Å². The molecule has 0 aliphatic rings. The predicted molar refractivity (Wildman–Crippen MR) is 69.7 cm³/mol. The van der Waals surface area contributed by atoms with Crippen LogP contribution < -0.4 is 5.73 Å². The van der Waals surface area contributed by atoms with Gasteiger partial charge in [-0.1, -0.05) is 11.8 Å². The number of nitrogen functional groups attached to an aromatic ring is 1. The number of nitriles is 1. The highest BCUT2D eigenvalue weighted by Crippen LogP contribution is 2.26. The maximum Gasteiger partial charge on any atom is 0.185 e. The zero-order valence-corrected chi connectivity index (χ0v) is 10.6. The maximum absolute atomic E-state index is 10.8. The average molecular weight is 266 g/mol. The molecule has 0 aliphatic heterocycles. The molecular formula is C12H14N2O3S. The van der Waals surface area contributed by atoms with Crippen LogP contribution in [0, 0.1) is 11.3 Å². The first kappa shape index (κ1) is 14.5. The standard InChI is InChI=1S/C12H14N2O3S/c1-7(15)18-6-11(16)12(17)9-4-8(5-13)2-3-10(9)14/h2-4,11-12,16-17H,6,14H2,1H3. The minimum absolute atomic E-state index is 0.0761. The normalized spacial score (nSPS) is 13.7. The lowest BCUT2D eigenvalue weighted by atomic mass is 10.0. The third kappa shape index (κ3) is 3.74. The van der Waals surface area contributed by atoms with Crippen LogP contribution in [0.3, 0.4) is 0 Å². The van der Waals surface area contributed by atoms with Crippen LogP contribution in [0.1, 0.15) is 24.2 Å². The number of aliphatic hydroxyl groups excluding tert-OH is 2. The number of anilines is 1. The van der Waals surface area contributed by atoms with E-state index in [1.807, 2.05) is 6.07 Å². The molecule has 0 spiro atoms. The van der Waals surface area contributed by atoms with Gasteiger partial charge in [-0.25, -0.2) is 0 Å². The zero-order valence-electron chi connectivity index (χ0n) is 9.83. The first-order valence-electron chi connectivity index (χ1n) is 5.24. The molecule has 0 aliphatic carbocycles. The smallest absolute Gasteiger partial charge is 0.185 e. The Morgan fingerprint density at radius 3 is 2.78 bits per heavy atom. The Morgan fingerprint density at radius 2 is 2.22 bits per heavy atom. The van der Waals surface area contributed by atoms with E-state index in [4.69, 9.17) is 11.0 Å². The van der Waals surface area contributed by atoms with E-state index in [1.54, 1.807) is 0 Å². The van der Waals surface area contributed by atoms with Gasteiger partial charge in [-0.3, -0.25) is 4.79 Å². The summed E-state index contributed by atoms with van der Waals surface area (Å²) in [4.78, 5) is 10.8. The molecule has 4 N–H and O–H groups in total. The van der Waals surface area contributed by atoms with E-state index in [0.717, 1.165) is 11.8 Å². The first-order chi connectivity index (χ1) is 8.45. The summed E-state index contributed by atoms with van der Waals surface area (Å²) in [7, 11) is 0. The molecule has 1 aromatic carbocycles. The minimum Gasteiger partial charge on any atom is -0.398 e. The van der Waals surface area contributed by atoms with Gasteiger partial charge in [-0.05, 0) is 18.2 Å². The lowest BCUT2D eigenvalue weighted by molar-refractivity contribution is -0.109. The fourth-order valence-electron chi connectivity index (χ4n) is 1.40. The lowest BCUT2D eigenvalue weighted by Crippen LogP contribution is -2.22. The van der Waals surface area contributed by atoms with Crippen LogP contribution in [0.25, 0.3) is 0 Å². The number of nitrogens with zero attached hydrogens (tertiary/aromatic N) is 1. The molecule has 0 saturated heterocycles. The van der Waals surface area contributed by atoms with Crippen molar-refractivity contribution in [2.24, 2.45) is 0 Å². The van der Waals surface area contributed by atoms with Crippen LogP contribution in [-0.2, 0) is 4.79 Å². The van der Waals surface area contributed by atoms with Crippen LogP contribution in [0.2, 0.25) is 0 Å². The van der Waals surface area contributed by atoms with Gasteiger partial charge in [-0.2, -0.15) is 5.26 Å². The second-order valence-corrected chi connectivity index (χ2v) is 4.97. The second-order valence-electron chi connectivity index (χ2n) is 3.77. The molecule has 1 rings (SSSR count). The Labute approximate surface area is 109 Å². The lowest BCUT2D eigenvalue weighted by Gasteiger charge is -2.19. The Bertz CT molecular complexity index is 485. The van der Waals surface area contributed by atoms with Crippen LogP contribution in [0.15, 0.2) is 18.2 Å². The van der Waals surface area contributed by atoms with Crippen molar-refractivity contribution in [3.8, 4) is 6.07 Å². The quantitative estimate of drug-likeness (QED) is 0.696. The third-order valence-electron chi connectivity index (χ3n) is 2.36. The van der Waals surface area contributed by atoms with Crippen molar-refractivity contribution in [1.29, 1.82) is 5.26 Å². The summed E-state index contributed by atoms with van der Waals surface area (Å²) in [5.41, 5.74) is 6.63. The number of hydrogen-bond donors (Lipinski definition) is 3. The van der Waals surface area contributed by atoms with Gasteiger partial charge in [0.25, 0.3) is 0 Å². The number of carbonyl (C=O) groups excluding carboxylic acids is 1. The summed E-state index contributed by atoms with van der Waals surface area (Å²) in [6.07, 6.45) is -2.33. The SMILES string of the molecule is CC(=O)SCC(O)C(O)c1cc(C#N)ccc1N. The van der Waals surface area contributed by atoms with E-state index in [0.29, 0.717) is 16.8 Å². The summed E-state index contributed by atoms with van der Waals surface area (Å²) < 4.78 is 0. The molecule has 96 valence electrons. The Morgan fingerprint density at radius 1 is 1.56 bits per heavy atom. The zero-order chi connectivity index (χ0) is 13.7. The number of rotatable bonds is 4. The molecule has 2 atom stereocenters. The molecule has 5 nitrogen and oxygen atoms in total. The van der Waals surface area contributed by atoms with Crippen molar-refractivity contribution in [3.05, 3.63) is 29.3 Å². The van der Waals surface area contributed by atoms with E-state index in [-0.39, 0.29) is 10.9 Å². The van der Waals surface area contributed by atoms with E-state index in [1.165, 1.54) is 25.1 Å². The number of nitrogens with two attached hydrogens (primary N) is 1. The molecule has 0 aromatic heterocycles. The van der Waals surface area contributed by atoms with Crippen molar-refractivity contribution in [2.75, 3.05) is 11.5 Å². The molecule has 18 heavy (non-hydrogen) atoms. The van der Waals surface area contributed by atoms with E-state index < -0.39 is 12.2 Å². The number of hydrogen-bond acceptors (Lipinski definition) is 6. The average Bonchev–Trinajstić information content (AvgIpc) is 2.35. The molecule has 6 heteroatoms. The molecule has 0 saturated carbocycles. The van der Waals surface area contributed by atoms with Gasteiger partial charge in [0.2, 0.25) is 0 Å². The van der Waals surface area contributed by atoms with Crippen LogP contribution in [0.4, 0.5) is 5.69 Å². The number of benzene rings is 1. The van der Waals surface area contributed by atoms with E-state index in [9.17, 15) is 15.0 Å². The van der Waals surface area contributed by atoms with Crippen molar-refractivity contribution in [3.63, 3.8) is 0 Å². The topological polar surface area (TPSA) is 107 Å². The number of carbonyl (C=O) groups is 1. The molecule has 0 radical (unpaired) electrons. The first-order valence-corrected chi connectivity index (χ1v) is 6.23. The summed E-state index contributed by atoms with van der Waals surface area (Å²) in [6.45, 7) is 1.38. The monoisotopic (exact) mass is 266 g/mol. The van der Waals surface area contributed by atoms with Crippen LogP contribution >= 0.6 is 11.8 Å². The fourth-order valence-corrected chi connectivity index (χ4v) is 1.99. The summed E-state index contributed by atoms with van der Waals surface area (Å²) >= 11 is 0.923. The fraction of sp³-hybridized carbons (Fsp3) is 0.333. The second kappa shape index (κ2) is 6.40. The van der Waals surface area contributed by atoms with Gasteiger partial charge in [0.15, 0.2) is 5.12 Å². The largest absolute Gasteiger partial charge is 0.398 e. The molecule has 0 amide bonds. The van der Waals surface area contributed by atoms with Crippen molar-refractivity contribution < 1.29 is 15.0 Å². The van der Waals surface area contributed by atoms with Gasteiger partial charge in [0.05, 0.1) is 17.7 Å². The highest BCUT2D eigenvalue weighted by atomic mass is 32.2. The van der Waals surface area contributed by atoms with Gasteiger partial charge < -0.3 is 15.9 Å². The highest BCUT2D eigenvalue weighted by Gasteiger charge is 2.21. The Balaban J connectivity index is 2.85. The van der Waals surface area contributed by atoms with Crippen molar-refractivity contribution in [1.82, 2.24) is 0 Å². The van der Waals surface area contributed by atoms with Gasteiger partial charge in [0.1, 0.15) is 6.10 Å².